The summed E-state index contributed by atoms with van der Waals surface area (Å²) in [6, 6.07) is 8.03. The van der Waals surface area contributed by atoms with Crippen molar-refractivity contribution in [3.8, 4) is 5.75 Å². The molecule has 0 bridgehead atoms. The Labute approximate surface area is 73.7 Å². The van der Waals surface area contributed by atoms with E-state index in [4.69, 9.17) is 4.74 Å². The Morgan fingerprint density at radius 3 is 2.58 bits per heavy atom. The third-order valence-electron chi connectivity index (χ3n) is 1.96. The molecule has 1 rings (SSSR count). The monoisotopic (exact) mass is 162 g/mol. The van der Waals surface area contributed by atoms with Crippen molar-refractivity contribution in [3.63, 3.8) is 0 Å². The molecule has 0 heterocycles. The molecule has 0 aliphatic carbocycles. The third-order valence-corrected chi connectivity index (χ3v) is 1.96. The molecule has 0 saturated heterocycles. The predicted molar refractivity (Wildman–Crippen MR) is 52.3 cm³/mol. The lowest BCUT2D eigenvalue weighted by atomic mass is 10.1. The smallest absolute Gasteiger partial charge is 0.126 e. The molecule has 0 spiro atoms. The first kappa shape index (κ1) is 8.85. The van der Waals surface area contributed by atoms with Crippen LogP contribution in [-0.2, 0) is 0 Å². The van der Waals surface area contributed by atoms with Crippen LogP contribution in [0.3, 0.4) is 0 Å². The Morgan fingerprint density at radius 1 is 1.33 bits per heavy atom. The molecular formula is C11H14O. The van der Waals surface area contributed by atoms with Gasteiger partial charge in [0.1, 0.15) is 5.75 Å². The van der Waals surface area contributed by atoms with Gasteiger partial charge in [-0.2, -0.15) is 0 Å². The van der Waals surface area contributed by atoms with Gasteiger partial charge in [0, 0.05) is 5.56 Å². The highest BCUT2D eigenvalue weighted by atomic mass is 16.5. The summed E-state index contributed by atoms with van der Waals surface area (Å²) in [5.74, 6) is 0.938. The summed E-state index contributed by atoms with van der Waals surface area (Å²) < 4.78 is 5.23. The van der Waals surface area contributed by atoms with Crippen LogP contribution in [0.2, 0.25) is 0 Å². The molecule has 1 aromatic carbocycles. The molecule has 0 aliphatic rings. The van der Waals surface area contributed by atoms with E-state index >= 15 is 0 Å². The van der Waals surface area contributed by atoms with E-state index in [2.05, 4.69) is 19.1 Å². The number of hydrogen-bond acceptors (Lipinski definition) is 1. The maximum absolute atomic E-state index is 5.23. The van der Waals surface area contributed by atoms with E-state index in [9.17, 15) is 0 Å². The van der Waals surface area contributed by atoms with Gasteiger partial charge in [-0.15, -0.1) is 0 Å². The van der Waals surface area contributed by atoms with Gasteiger partial charge in [0.25, 0.3) is 0 Å². The van der Waals surface area contributed by atoms with Gasteiger partial charge in [-0.3, -0.25) is 0 Å². The minimum Gasteiger partial charge on any atom is -0.496 e. The van der Waals surface area contributed by atoms with Crippen molar-refractivity contribution in [3.05, 3.63) is 35.9 Å². The van der Waals surface area contributed by atoms with Crippen molar-refractivity contribution in [2.75, 3.05) is 7.11 Å². The lowest BCUT2D eigenvalue weighted by molar-refractivity contribution is 0.413. The molecule has 0 N–H and O–H groups in total. The second kappa shape index (κ2) is 3.96. The molecule has 0 unspecified atom stereocenters. The topological polar surface area (TPSA) is 9.23 Å². The number of para-hydroxylation sites is 1. The highest BCUT2D eigenvalue weighted by molar-refractivity contribution is 5.68. The number of allylic oxidation sites excluding steroid dienone is 2. The molecular weight excluding hydrogens is 148 g/mol. The molecule has 0 aromatic heterocycles. The third kappa shape index (κ3) is 1.67. The largest absolute Gasteiger partial charge is 0.496 e. The molecule has 64 valence electrons. The van der Waals surface area contributed by atoms with Crippen molar-refractivity contribution in [1.29, 1.82) is 0 Å². The quantitative estimate of drug-likeness (QED) is 0.649. The zero-order valence-electron chi connectivity index (χ0n) is 7.79. The first-order chi connectivity index (χ1) is 5.79. The molecule has 0 atom stereocenters. The van der Waals surface area contributed by atoms with Gasteiger partial charge < -0.3 is 4.74 Å². The summed E-state index contributed by atoms with van der Waals surface area (Å²) >= 11 is 0. The van der Waals surface area contributed by atoms with Crippen LogP contribution in [0, 0.1) is 0 Å². The molecule has 0 aliphatic heterocycles. The summed E-state index contributed by atoms with van der Waals surface area (Å²) in [4.78, 5) is 0. The van der Waals surface area contributed by atoms with E-state index in [1.54, 1.807) is 7.11 Å². The van der Waals surface area contributed by atoms with Crippen LogP contribution in [0.25, 0.3) is 5.57 Å². The van der Waals surface area contributed by atoms with Crippen molar-refractivity contribution in [2.24, 2.45) is 0 Å². The molecule has 0 amide bonds. The van der Waals surface area contributed by atoms with Gasteiger partial charge in [-0.25, -0.2) is 0 Å². The molecule has 1 nitrogen and oxygen atoms in total. The standard InChI is InChI=1S/C11H14O/c1-4-9(2)10-7-5-6-8-11(10)12-3/h4-8H,1-3H3/b9-4-. The highest BCUT2D eigenvalue weighted by Crippen LogP contribution is 2.24. The number of methoxy groups -OCH3 is 1. The first-order valence-corrected chi connectivity index (χ1v) is 4.06. The Morgan fingerprint density at radius 2 is 2.00 bits per heavy atom. The summed E-state index contributed by atoms with van der Waals surface area (Å²) in [6.45, 7) is 4.11. The number of ether oxygens (including phenoxy) is 1. The molecule has 0 fully saturated rings. The van der Waals surface area contributed by atoms with Crippen LogP contribution in [0.4, 0.5) is 0 Å². The summed E-state index contributed by atoms with van der Waals surface area (Å²) in [6.07, 6.45) is 2.08. The number of rotatable bonds is 2. The lowest BCUT2D eigenvalue weighted by Gasteiger charge is -2.07. The predicted octanol–water partition coefficient (Wildman–Crippen LogP) is 3.12. The van der Waals surface area contributed by atoms with Crippen molar-refractivity contribution in [2.45, 2.75) is 13.8 Å². The SMILES string of the molecule is C/C=C(/C)c1ccccc1OC. The second-order valence-electron chi connectivity index (χ2n) is 2.67. The summed E-state index contributed by atoms with van der Waals surface area (Å²) in [5.41, 5.74) is 2.41. The molecule has 0 saturated carbocycles. The summed E-state index contributed by atoms with van der Waals surface area (Å²) in [7, 11) is 1.70. The zero-order valence-corrected chi connectivity index (χ0v) is 7.79. The Kier molecular flexibility index (Phi) is 2.92. The van der Waals surface area contributed by atoms with Crippen LogP contribution >= 0.6 is 0 Å². The van der Waals surface area contributed by atoms with Crippen LogP contribution < -0.4 is 4.74 Å². The minimum absolute atomic E-state index is 0.938. The van der Waals surface area contributed by atoms with Crippen LogP contribution in [0.1, 0.15) is 19.4 Å². The van der Waals surface area contributed by atoms with Crippen molar-refractivity contribution >= 4 is 5.57 Å². The average Bonchev–Trinajstić information content (AvgIpc) is 2.16. The zero-order chi connectivity index (χ0) is 8.97. The van der Waals surface area contributed by atoms with E-state index in [1.165, 1.54) is 11.1 Å². The van der Waals surface area contributed by atoms with E-state index in [-0.39, 0.29) is 0 Å². The lowest BCUT2D eigenvalue weighted by Crippen LogP contribution is -1.88. The van der Waals surface area contributed by atoms with Crippen LogP contribution in [0.15, 0.2) is 30.3 Å². The molecule has 1 aromatic rings. The molecule has 12 heavy (non-hydrogen) atoms. The van der Waals surface area contributed by atoms with Gasteiger partial charge in [-0.05, 0) is 25.5 Å². The van der Waals surface area contributed by atoms with E-state index in [0.717, 1.165) is 5.75 Å². The van der Waals surface area contributed by atoms with E-state index in [1.807, 2.05) is 25.1 Å². The van der Waals surface area contributed by atoms with Crippen LogP contribution in [0.5, 0.6) is 5.75 Å². The van der Waals surface area contributed by atoms with Crippen molar-refractivity contribution < 1.29 is 4.74 Å². The summed E-state index contributed by atoms with van der Waals surface area (Å²) in [5, 5.41) is 0. The molecule has 1 heteroatoms. The van der Waals surface area contributed by atoms with E-state index in [0.29, 0.717) is 0 Å². The minimum atomic E-state index is 0.938. The van der Waals surface area contributed by atoms with Gasteiger partial charge in [0.2, 0.25) is 0 Å². The highest BCUT2D eigenvalue weighted by Gasteiger charge is 2.00. The van der Waals surface area contributed by atoms with Crippen molar-refractivity contribution in [1.82, 2.24) is 0 Å². The fourth-order valence-electron chi connectivity index (χ4n) is 1.13. The number of hydrogen-bond donors (Lipinski definition) is 0. The first-order valence-electron chi connectivity index (χ1n) is 4.06. The van der Waals surface area contributed by atoms with E-state index < -0.39 is 0 Å². The van der Waals surface area contributed by atoms with Crippen LogP contribution in [-0.4, -0.2) is 7.11 Å². The fraction of sp³-hybridized carbons (Fsp3) is 0.273. The Balaban J connectivity index is 3.13. The number of benzene rings is 1. The van der Waals surface area contributed by atoms with Gasteiger partial charge in [0.05, 0.1) is 7.11 Å². The molecule has 0 radical (unpaired) electrons. The maximum Gasteiger partial charge on any atom is 0.126 e. The second-order valence-corrected chi connectivity index (χ2v) is 2.67. The fourth-order valence-corrected chi connectivity index (χ4v) is 1.13. The van der Waals surface area contributed by atoms with Gasteiger partial charge >= 0.3 is 0 Å². The Hall–Kier alpha value is -1.24. The van der Waals surface area contributed by atoms with Gasteiger partial charge in [-0.1, -0.05) is 24.3 Å². The normalized spacial score (nSPS) is 11.4. The average molecular weight is 162 g/mol. The van der Waals surface area contributed by atoms with Gasteiger partial charge in [0.15, 0.2) is 0 Å². The Bertz CT molecular complexity index is 287. The maximum atomic E-state index is 5.23.